The van der Waals surface area contributed by atoms with Gasteiger partial charge in [0, 0.05) is 18.1 Å². The van der Waals surface area contributed by atoms with E-state index in [1.54, 1.807) is 7.11 Å². The Labute approximate surface area is 67.4 Å². The summed E-state index contributed by atoms with van der Waals surface area (Å²) in [6.07, 6.45) is 0. The van der Waals surface area contributed by atoms with Crippen molar-refractivity contribution in [3.05, 3.63) is 0 Å². The zero-order valence-electron chi connectivity index (χ0n) is 5.79. The van der Waals surface area contributed by atoms with E-state index in [0.717, 1.165) is 6.04 Å². The highest BCUT2D eigenvalue weighted by Gasteiger charge is 2.29. The molecule has 0 fully saturated rings. The summed E-state index contributed by atoms with van der Waals surface area (Å²) in [6.45, 7) is 2.07. The van der Waals surface area contributed by atoms with Crippen molar-refractivity contribution in [2.24, 2.45) is 0 Å². The largest absolute Gasteiger partial charge is 0.418 e. The van der Waals surface area contributed by atoms with Gasteiger partial charge in [-0.15, -0.1) is 23.2 Å². The first-order valence-corrected chi connectivity index (χ1v) is 6.51. The molecule has 0 atom stereocenters. The normalized spacial score (nSPS) is 12.0. The molecule has 0 rings (SSSR count). The van der Waals surface area contributed by atoms with Gasteiger partial charge in [0.2, 0.25) is 8.32 Å². The summed E-state index contributed by atoms with van der Waals surface area (Å²) >= 11 is 11.4. The molecule has 0 aliphatic carbocycles. The van der Waals surface area contributed by atoms with Crippen LogP contribution in [0.15, 0.2) is 0 Å². The first-order chi connectivity index (χ1) is 4.24. The molecule has 4 heteroatoms. The molecule has 0 saturated carbocycles. The van der Waals surface area contributed by atoms with Crippen LogP contribution in [0.3, 0.4) is 0 Å². The minimum Gasteiger partial charge on any atom is -0.418 e. The third-order valence-electron chi connectivity index (χ3n) is 1.56. The van der Waals surface area contributed by atoms with Gasteiger partial charge in [0.25, 0.3) is 0 Å². The molecule has 0 radical (unpaired) electrons. The Bertz CT molecular complexity index is 57.8. The van der Waals surface area contributed by atoms with Gasteiger partial charge in [-0.25, -0.2) is 0 Å². The van der Waals surface area contributed by atoms with E-state index in [0.29, 0.717) is 11.0 Å². The molecule has 0 aromatic carbocycles. The molecular weight excluding hydrogens is 175 g/mol. The second-order valence-corrected chi connectivity index (χ2v) is 7.63. The summed E-state index contributed by atoms with van der Waals surface area (Å²) in [5, 5.41) is 0. The van der Waals surface area contributed by atoms with Gasteiger partial charge in [0.1, 0.15) is 0 Å². The van der Waals surface area contributed by atoms with E-state index in [1.807, 2.05) is 0 Å². The Morgan fingerprint density at radius 2 is 1.78 bits per heavy atom. The van der Waals surface area contributed by atoms with Crippen LogP contribution in [0.1, 0.15) is 6.92 Å². The molecule has 0 aromatic rings. The minimum atomic E-state index is -1.66. The molecule has 0 saturated heterocycles. The van der Waals surface area contributed by atoms with Crippen molar-refractivity contribution >= 4 is 31.5 Å². The second-order valence-electron chi connectivity index (χ2n) is 2.01. The summed E-state index contributed by atoms with van der Waals surface area (Å²) in [5.74, 6) is 0. The first-order valence-electron chi connectivity index (χ1n) is 2.91. The predicted molar refractivity (Wildman–Crippen MR) is 44.7 cm³/mol. The van der Waals surface area contributed by atoms with Crippen LogP contribution in [-0.4, -0.2) is 26.4 Å². The van der Waals surface area contributed by atoms with E-state index in [2.05, 4.69) is 6.92 Å². The minimum absolute atomic E-state index is 0.601. The molecular formula is C5H12Cl2OSi. The average molecular weight is 187 g/mol. The van der Waals surface area contributed by atoms with Gasteiger partial charge < -0.3 is 4.43 Å². The van der Waals surface area contributed by atoms with E-state index in [4.69, 9.17) is 27.6 Å². The lowest BCUT2D eigenvalue weighted by Gasteiger charge is -2.22. The summed E-state index contributed by atoms with van der Waals surface area (Å²) in [5.41, 5.74) is 1.20. The van der Waals surface area contributed by atoms with E-state index in [-0.39, 0.29) is 0 Å². The quantitative estimate of drug-likeness (QED) is 0.484. The maximum Gasteiger partial charge on any atom is 0.220 e. The third kappa shape index (κ3) is 2.46. The topological polar surface area (TPSA) is 9.23 Å². The Morgan fingerprint density at radius 1 is 1.33 bits per heavy atom. The highest BCUT2D eigenvalue weighted by atomic mass is 35.5. The van der Waals surface area contributed by atoms with Gasteiger partial charge >= 0.3 is 0 Å². The number of rotatable bonds is 4. The Balaban J connectivity index is 3.82. The molecule has 1 nitrogen and oxygen atoms in total. The van der Waals surface area contributed by atoms with E-state index in [1.165, 1.54) is 0 Å². The lowest BCUT2D eigenvalue weighted by molar-refractivity contribution is 0.402. The van der Waals surface area contributed by atoms with E-state index >= 15 is 0 Å². The van der Waals surface area contributed by atoms with Crippen molar-refractivity contribution in [1.29, 1.82) is 0 Å². The Kier molecular flexibility index (Phi) is 4.94. The highest BCUT2D eigenvalue weighted by Crippen LogP contribution is 2.13. The zero-order valence-corrected chi connectivity index (χ0v) is 8.30. The summed E-state index contributed by atoms with van der Waals surface area (Å²) in [4.78, 5) is 0. The summed E-state index contributed by atoms with van der Waals surface area (Å²) < 4.78 is 5.26. The van der Waals surface area contributed by atoms with E-state index < -0.39 is 8.32 Å². The lowest BCUT2D eigenvalue weighted by Crippen LogP contribution is -2.41. The number of hydrogen-bond donors (Lipinski definition) is 0. The molecule has 0 amide bonds. The molecule has 0 bridgehead atoms. The fourth-order valence-corrected chi connectivity index (χ4v) is 4.08. The molecule has 0 N–H and O–H groups in total. The maximum atomic E-state index is 5.68. The molecule has 0 unspecified atom stereocenters. The monoisotopic (exact) mass is 186 g/mol. The third-order valence-corrected chi connectivity index (χ3v) is 7.62. The van der Waals surface area contributed by atoms with Crippen LogP contribution < -0.4 is 0 Å². The van der Waals surface area contributed by atoms with Crippen LogP contribution in [0.5, 0.6) is 0 Å². The van der Waals surface area contributed by atoms with Gasteiger partial charge in [-0.05, 0) is 6.04 Å². The Morgan fingerprint density at radius 3 is 1.78 bits per heavy atom. The molecule has 0 aliphatic heterocycles. The number of alkyl halides is 2. The highest BCUT2D eigenvalue weighted by molar-refractivity contribution is 6.84. The van der Waals surface area contributed by atoms with Crippen LogP contribution in [0.2, 0.25) is 6.04 Å². The van der Waals surface area contributed by atoms with Crippen molar-refractivity contribution in [3.63, 3.8) is 0 Å². The molecule has 56 valence electrons. The van der Waals surface area contributed by atoms with Crippen LogP contribution >= 0.6 is 23.2 Å². The van der Waals surface area contributed by atoms with Crippen LogP contribution in [-0.2, 0) is 4.43 Å². The molecule has 9 heavy (non-hydrogen) atoms. The van der Waals surface area contributed by atoms with Gasteiger partial charge in [0.15, 0.2) is 0 Å². The smallest absolute Gasteiger partial charge is 0.220 e. The first kappa shape index (κ1) is 9.76. The van der Waals surface area contributed by atoms with Crippen LogP contribution in [0.25, 0.3) is 0 Å². The van der Waals surface area contributed by atoms with Crippen LogP contribution in [0.4, 0.5) is 0 Å². The predicted octanol–water partition coefficient (Wildman–Crippen LogP) is 2.15. The van der Waals surface area contributed by atoms with Crippen molar-refractivity contribution in [2.45, 2.75) is 13.0 Å². The lowest BCUT2D eigenvalue weighted by atomic mass is 11.0. The molecule has 0 heterocycles. The number of hydrogen-bond acceptors (Lipinski definition) is 1. The van der Waals surface area contributed by atoms with Crippen molar-refractivity contribution in [2.75, 3.05) is 18.1 Å². The summed E-state index contributed by atoms with van der Waals surface area (Å²) in [7, 11) is 0.0344. The van der Waals surface area contributed by atoms with Gasteiger partial charge in [-0.3, -0.25) is 0 Å². The molecule has 0 spiro atoms. The second kappa shape index (κ2) is 4.55. The standard InChI is InChI=1S/C5H12Cl2OSi/c1-3-9(4-6,5-7)8-2/h3-5H2,1-2H3. The van der Waals surface area contributed by atoms with Crippen molar-refractivity contribution in [1.82, 2.24) is 0 Å². The van der Waals surface area contributed by atoms with Gasteiger partial charge in [0.05, 0.1) is 0 Å². The van der Waals surface area contributed by atoms with Gasteiger partial charge in [-0.1, -0.05) is 6.92 Å². The fraction of sp³-hybridized carbons (Fsp3) is 1.00. The Hall–Kier alpha value is 0.757. The van der Waals surface area contributed by atoms with Gasteiger partial charge in [-0.2, -0.15) is 0 Å². The van der Waals surface area contributed by atoms with Crippen molar-refractivity contribution < 1.29 is 4.43 Å². The SMILES string of the molecule is CC[Si](CCl)(CCl)OC. The van der Waals surface area contributed by atoms with Crippen molar-refractivity contribution in [3.8, 4) is 0 Å². The molecule has 0 aliphatic rings. The maximum absolute atomic E-state index is 5.68. The molecule has 0 aromatic heterocycles. The average Bonchev–Trinajstić information content (AvgIpc) is 1.95. The van der Waals surface area contributed by atoms with E-state index in [9.17, 15) is 0 Å². The number of halogens is 2. The fourth-order valence-electron chi connectivity index (χ4n) is 0.478. The zero-order chi connectivity index (χ0) is 7.33. The van der Waals surface area contributed by atoms with Crippen LogP contribution in [0, 0.1) is 0 Å². The summed E-state index contributed by atoms with van der Waals surface area (Å²) in [6, 6.07) is 0.997.